The van der Waals surface area contributed by atoms with Crippen LogP contribution in [0, 0.1) is 0 Å². The van der Waals surface area contributed by atoms with E-state index in [9.17, 15) is 0 Å². The molecule has 2 unspecified atom stereocenters. The molecular weight excluding hydrogens is 472 g/mol. The molecule has 2 heteroatoms. The number of para-hydroxylation sites is 3. The summed E-state index contributed by atoms with van der Waals surface area (Å²) in [7, 11) is 0. The molecule has 186 valence electrons. The first-order valence-electron chi connectivity index (χ1n) is 13.7. The molecular formula is C37H28N2. The van der Waals surface area contributed by atoms with Gasteiger partial charge in [0.25, 0.3) is 0 Å². The third kappa shape index (κ3) is 3.21. The topological polar surface area (TPSA) is 8.17 Å². The number of allylic oxidation sites excluding steroid dienone is 2. The second-order valence-electron chi connectivity index (χ2n) is 10.8. The number of nitrogens with zero attached hydrogens (tertiary/aromatic N) is 2. The van der Waals surface area contributed by atoms with Crippen LogP contribution in [-0.2, 0) is 0 Å². The number of rotatable bonds is 3. The summed E-state index contributed by atoms with van der Waals surface area (Å²) in [5.74, 6) is 0.353. The van der Waals surface area contributed by atoms with Gasteiger partial charge in [-0.1, -0.05) is 103 Å². The van der Waals surface area contributed by atoms with E-state index in [1.54, 1.807) is 0 Å². The Labute approximate surface area is 228 Å². The molecule has 6 aromatic rings. The Balaban J connectivity index is 1.16. The van der Waals surface area contributed by atoms with Gasteiger partial charge in [-0.3, -0.25) is 0 Å². The van der Waals surface area contributed by atoms with E-state index in [-0.39, 0.29) is 5.54 Å². The highest BCUT2D eigenvalue weighted by atomic mass is 15.2. The summed E-state index contributed by atoms with van der Waals surface area (Å²) < 4.78 is 2.37. The van der Waals surface area contributed by atoms with Crippen LogP contribution in [0.1, 0.15) is 18.4 Å². The molecule has 0 fully saturated rings. The lowest BCUT2D eigenvalue weighted by Gasteiger charge is -2.39. The minimum Gasteiger partial charge on any atom is -0.331 e. The molecule has 1 aliphatic heterocycles. The van der Waals surface area contributed by atoms with Crippen LogP contribution in [0.2, 0.25) is 0 Å². The van der Waals surface area contributed by atoms with Gasteiger partial charge in [0.2, 0.25) is 0 Å². The van der Waals surface area contributed by atoms with Crippen LogP contribution in [0.25, 0.3) is 38.6 Å². The van der Waals surface area contributed by atoms with Gasteiger partial charge in [0.05, 0.1) is 16.6 Å². The third-order valence-corrected chi connectivity index (χ3v) is 8.64. The lowest BCUT2D eigenvalue weighted by molar-refractivity contribution is 0.542. The van der Waals surface area contributed by atoms with Gasteiger partial charge in [-0.25, -0.2) is 0 Å². The molecule has 0 saturated carbocycles. The average molecular weight is 501 g/mol. The second kappa shape index (κ2) is 8.34. The maximum atomic E-state index is 2.50. The van der Waals surface area contributed by atoms with Crippen molar-refractivity contribution in [3.8, 4) is 16.8 Å². The number of hydrogen-bond donors (Lipinski definition) is 0. The first kappa shape index (κ1) is 22.2. The van der Waals surface area contributed by atoms with Gasteiger partial charge in [0.15, 0.2) is 0 Å². The molecule has 0 radical (unpaired) electrons. The van der Waals surface area contributed by atoms with E-state index in [1.807, 2.05) is 0 Å². The lowest BCUT2D eigenvalue weighted by Crippen LogP contribution is -2.41. The summed E-state index contributed by atoms with van der Waals surface area (Å²) >= 11 is 0. The normalized spacial score (nSPS) is 19.5. The van der Waals surface area contributed by atoms with E-state index < -0.39 is 0 Å². The average Bonchev–Trinajstić information content (AvgIpc) is 3.47. The van der Waals surface area contributed by atoms with Crippen molar-refractivity contribution in [2.75, 3.05) is 4.90 Å². The fourth-order valence-corrected chi connectivity index (χ4v) is 6.79. The van der Waals surface area contributed by atoms with Gasteiger partial charge in [-0.2, -0.15) is 0 Å². The van der Waals surface area contributed by atoms with Crippen LogP contribution in [0.3, 0.4) is 0 Å². The highest BCUT2D eigenvalue weighted by molar-refractivity contribution is 6.09. The Morgan fingerprint density at radius 2 is 1.13 bits per heavy atom. The molecule has 1 aromatic heterocycles. The van der Waals surface area contributed by atoms with Gasteiger partial charge in [-0.05, 0) is 66.1 Å². The van der Waals surface area contributed by atoms with Crippen molar-refractivity contribution < 1.29 is 0 Å². The van der Waals surface area contributed by atoms with Crippen molar-refractivity contribution >= 4 is 33.2 Å². The van der Waals surface area contributed by atoms with Crippen molar-refractivity contribution in [3.63, 3.8) is 0 Å². The third-order valence-electron chi connectivity index (χ3n) is 8.64. The van der Waals surface area contributed by atoms with Gasteiger partial charge in [-0.15, -0.1) is 0 Å². The predicted molar refractivity (Wildman–Crippen MR) is 164 cm³/mol. The fraction of sp³-hybridized carbons (Fsp3) is 0.0811. The fourth-order valence-electron chi connectivity index (χ4n) is 6.79. The minimum atomic E-state index is -0.107. The first-order chi connectivity index (χ1) is 19.2. The van der Waals surface area contributed by atoms with E-state index in [1.165, 1.54) is 55.6 Å². The molecule has 5 aromatic carbocycles. The van der Waals surface area contributed by atoms with Crippen molar-refractivity contribution in [3.05, 3.63) is 151 Å². The molecule has 0 N–H and O–H groups in total. The van der Waals surface area contributed by atoms with Crippen LogP contribution in [-0.4, -0.2) is 10.1 Å². The number of anilines is 2. The molecule has 0 saturated heterocycles. The van der Waals surface area contributed by atoms with E-state index >= 15 is 0 Å². The quantitative estimate of drug-likeness (QED) is 0.235. The second-order valence-corrected chi connectivity index (χ2v) is 10.8. The molecule has 2 atom stereocenters. The zero-order valence-electron chi connectivity index (χ0n) is 21.8. The Bertz CT molecular complexity index is 1870. The summed E-state index contributed by atoms with van der Waals surface area (Å²) in [6.45, 7) is 2.35. The molecule has 39 heavy (non-hydrogen) atoms. The summed E-state index contributed by atoms with van der Waals surface area (Å²) in [6, 6.07) is 44.2. The predicted octanol–water partition coefficient (Wildman–Crippen LogP) is 9.57. The number of hydrogen-bond acceptors (Lipinski definition) is 1. The van der Waals surface area contributed by atoms with Crippen LogP contribution in [0.4, 0.5) is 11.4 Å². The zero-order valence-corrected chi connectivity index (χ0v) is 21.8. The smallest absolute Gasteiger partial charge is 0.0712 e. The molecule has 2 nitrogen and oxygen atoms in total. The monoisotopic (exact) mass is 500 g/mol. The molecule has 2 aliphatic rings. The minimum absolute atomic E-state index is 0.107. The van der Waals surface area contributed by atoms with Crippen molar-refractivity contribution in [2.45, 2.75) is 18.4 Å². The summed E-state index contributed by atoms with van der Waals surface area (Å²) in [5, 5.41) is 2.57. The van der Waals surface area contributed by atoms with E-state index in [0.29, 0.717) is 5.92 Å². The first-order valence-corrected chi connectivity index (χ1v) is 13.7. The lowest BCUT2D eigenvalue weighted by atomic mass is 9.80. The van der Waals surface area contributed by atoms with Crippen molar-refractivity contribution in [1.29, 1.82) is 0 Å². The van der Waals surface area contributed by atoms with Crippen LogP contribution >= 0.6 is 0 Å². The molecule has 0 spiro atoms. The van der Waals surface area contributed by atoms with Crippen molar-refractivity contribution in [1.82, 2.24) is 4.57 Å². The molecule has 1 aliphatic carbocycles. The molecule has 2 heterocycles. The van der Waals surface area contributed by atoms with Gasteiger partial charge in [0, 0.05) is 33.8 Å². The highest BCUT2D eigenvalue weighted by Crippen LogP contribution is 2.53. The van der Waals surface area contributed by atoms with Crippen molar-refractivity contribution in [2.24, 2.45) is 0 Å². The largest absolute Gasteiger partial charge is 0.331 e. The molecule has 0 bridgehead atoms. The van der Waals surface area contributed by atoms with Gasteiger partial charge in [0.1, 0.15) is 0 Å². The molecule has 8 rings (SSSR count). The Morgan fingerprint density at radius 1 is 0.564 bits per heavy atom. The van der Waals surface area contributed by atoms with Gasteiger partial charge >= 0.3 is 0 Å². The maximum Gasteiger partial charge on any atom is 0.0712 e. The number of fused-ring (bicyclic) bond motifs is 6. The highest BCUT2D eigenvalue weighted by Gasteiger charge is 2.46. The SMILES string of the molecule is CC12C=CC=CC1c1ccccc1N2c1ccc(-c2ccc(-n3c4ccccc4c4ccccc43)cc2)cc1. The number of aromatic nitrogens is 1. The van der Waals surface area contributed by atoms with Crippen LogP contribution in [0.5, 0.6) is 0 Å². The Hall–Kier alpha value is -4.82. The zero-order chi connectivity index (χ0) is 26.0. The van der Waals surface area contributed by atoms with Crippen LogP contribution in [0.15, 0.2) is 146 Å². The summed E-state index contributed by atoms with van der Waals surface area (Å²) in [5.41, 5.74) is 9.90. The standard InChI is InChI=1S/C37H28N2/c1-37-25-9-8-13-33(37)32-12-4-7-16-36(32)39(37)29-23-19-27(20-24-29)26-17-21-28(22-18-26)38-34-14-5-2-10-30(34)31-11-3-6-15-35(31)38/h2-25,33H,1H3. The van der Waals surface area contributed by atoms with E-state index in [0.717, 1.165) is 0 Å². The maximum absolute atomic E-state index is 2.50. The van der Waals surface area contributed by atoms with E-state index in [2.05, 4.69) is 162 Å². The summed E-state index contributed by atoms with van der Waals surface area (Å²) in [4.78, 5) is 2.50. The molecule has 0 amide bonds. The summed E-state index contributed by atoms with van der Waals surface area (Å²) in [6.07, 6.45) is 9.05. The van der Waals surface area contributed by atoms with Crippen LogP contribution < -0.4 is 4.90 Å². The Morgan fingerprint density at radius 3 is 1.79 bits per heavy atom. The number of benzene rings is 5. The Kier molecular flexibility index (Phi) is 4.75. The van der Waals surface area contributed by atoms with Gasteiger partial charge < -0.3 is 9.47 Å². The van der Waals surface area contributed by atoms with E-state index in [4.69, 9.17) is 0 Å².